The molecule has 1 aliphatic rings. The van der Waals surface area contributed by atoms with Gasteiger partial charge in [0.1, 0.15) is 12.1 Å². The lowest BCUT2D eigenvalue weighted by Gasteiger charge is -2.25. The van der Waals surface area contributed by atoms with Gasteiger partial charge >= 0.3 is 0 Å². The molecule has 0 saturated carbocycles. The van der Waals surface area contributed by atoms with Crippen LogP contribution in [0.15, 0.2) is 66.1 Å². The van der Waals surface area contributed by atoms with Crippen LogP contribution in [0.25, 0.3) is 22.0 Å². The third kappa shape index (κ3) is 8.20. The van der Waals surface area contributed by atoms with Crippen LogP contribution in [0.4, 0.5) is 5.69 Å². The van der Waals surface area contributed by atoms with Gasteiger partial charge in [-0.15, -0.1) is 0 Å². The smallest absolute Gasteiger partial charge is 0.250 e. The second-order valence-electron chi connectivity index (χ2n) is 11.7. The molecule has 5 rings (SSSR count). The number of carbonyl (C=O) groups is 2. The lowest BCUT2D eigenvalue weighted by Crippen LogP contribution is -2.34. The zero-order chi connectivity index (χ0) is 32.5. The first kappa shape index (κ1) is 33.3. The second-order valence-corrected chi connectivity index (χ2v) is 11.7. The Kier molecular flexibility index (Phi) is 11.6. The van der Waals surface area contributed by atoms with Crippen molar-refractivity contribution in [2.24, 2.45) is 7.05 Å². The molecule has 246 valence electrons. The number of ether oxygens (including phenoxy) is 3. The van der Waals surface area contributed by atoms with Crippen molar-refractivity contribution in [2.75, 3.05) is 78.7 Å². The Morgan fingerprint density at radius 3 is 2.61 bits per heavy atom. The Labute approximate surface area is 269 Å². The Bertz CT molecular complexity index is 1630. The maximum Gasteiger partial charge on any atom is 0.250 e. The van der Waals surface area contributed by atoms with E-state index in [1.807, 2.05) is 31.3 Å². The maximum atomic E-state index is 12.8. The molecule has 12 nitrogen and oxygen atoms in total. The molecule has 4 aromatic rings. The first-order valence-corrected chi connectivity index (χ1v) is 15.6. The van der Waals surface area contributed by atoms with Gasteiger partial charge in [0.25, 0.3) is 0 Å². The van der Waals surface area contributed by atoms with E-state index < -0.39 is 0 Å². The summed E-state index contributed by atoms with van der Waals surface area (Å²) >= 11 is 0. The molecule has 2 amide bonds. The SMILES string of the molecule is C=CC(=O)NCCOCCOCCOCC(=O)Nc1cccc2c([C@H]3CN(Cc4cccc5ocnc45)C[C@@H]3N(C)C)cn(C)c12. The number of hydrogen-bond donors (Lipinski definition) is 2. The number of likely N-dealkylation sites (tertiary alicyclic amines) is 1. The monoisotopic (exact) mass is 632 g/mol. The fraction of sp³-hybridized carbons (Fsp3) is 0.441. The van der Waals surface area contributed by atoms with Crippen LogP contribution in [0, 0.1) is 0 Å². The summed E-state index contributed by atoms with van der Waals surface area (Å²) in [6.07, 6.45) is 4.93. The second kappa shape index (κ2) is 16.0. The Hall–Kier alpha value is -4.07. The van der Waals surface area contributed by atoms with Gasteiger partial charge in [-0.1, -0.05) is 30.8 Å². The van der Waals surface area contributed by atoms with E-state index in [0.717, 1.165) is 52.9 Å². The largest absolute Gasteiger partial charge is 0.443 e. The van der Waals surface area contributed by atoms with Gasteiger partial charge in [0.2, 0.25) is 11.8 Å². The Morgan fingerprint density at radius 2 is 1.83 bits per heavy atom. The highest BCUT2D eigenvalue weighted by atomic mass is 16.5. The van der Waals surface area contributed by atoms with Gasteiger partial charge in [0.05, 0.1) is 44.2 Å². The van der Waals surface area contributed by atoms with E-state index in [9.17, 15) is 9.59 Å². The average Bonchev–Trinajstić information content (AvgIpc) is 3.78. The summed E-state index contributed by atoms with van der Waals surface area (Å²) in [5.41, 5.74) is 5.91. The Morgan fingerprint density at radius 1 is 1.07 bits per heavy atom. The number of para-hydroxylation sites is 2. The fourth-order valence-electron chi connectivity index (χ4n) is 6.14. The van der Waals surface area contributed by atoms with E-state index in [2.05, 4.69) is 69.0 Å². The van der Waals surface area contributed by atoms with Crippen LogP contribution in [-0.4, -0.2) is 111 Å². The number of nitrogens with one attached hydrogen (secondary N) is 2. The van der Waals surface area contributed by atoms with E-state index in [1.165, 1.54) is 18.0 Å². The summed E-state index contributed by atoms with van der Waals surface area (Å²) < 4.78 is 24.0. The summed E-state index contributed by atoms with van der Waals surface area (Å²) in [6, 6.07) is 12.5. The summed E-state index contributed by atoms with van der Waals surface area (Å²) in [7, 11) is 6.31. The van der Waals surface area contributed by atoms with Gasteiger partial charge in [0.15, 0.2) is 12.0 Å². The van der Waals surface area contributed by atoms with Crippen molar-refractivity contribution in [3.8, 4) is 0 Å². The third-order valence-corrected chi connectivity index (χ3v) is 8.28. The van der Waals surface area contributed by atoms with Crippen LogP contribution in [0.2, 0.25) is 0 Å². The van der Waals surface area contributed by atoms with Gasteiger partial charge in [-0.05, 0) is 43.4 Å². The molecule has 1 saturated heterocycles. The first-order valence-electron chi connectivity index (χ1n) is 15.6. The molecule has 2 aromatic carbocycles. The van der Waals surface area contributed by atoms with E-state index in [0.29, 0.717) is 39.0 Å². The molecule has 2 aromatic heterocycles. The zero-order valence-electron chi connectivity index (χ0n) is 26.9. The number of aryl methyl sites for hydroxylation is 1. The average molecular weight is 633 g/mol. The predicted molar refractivity (Wildman–Crippen MR) is 177 cm³/mol. The van der Waals surface area contributed by atoms with Crippen molar-refractivity contribution in [1.29, 1.82) is 0 Å². The zero-order valence-corrected chi connectivity index (χ0v) is 26.9. The quantitative estimate of drug-likeness (QED) is 0.134. The van der Waals surface area contributed by atoms with Gasteiger partial charge in [-0.25, -0.2) is 4.98 Å². The summed E-state index contributed by atoms with van der Waals surface area (Å²) in [5, 5.41) is 6.81. The minimum atomic E-state index is -0.227. The number of rotatable bonds is 17. The van der Waals surface area contributed by atoms with E-state index >= 15 is 0 Å². The highest BCUT2D eigenvalue weighted by Crippen LogP contribution is 2.38. The number of anilines is 1. The molecule has 0 aliphatic carbocycles. The van der Waals surface area contributed by atoms with Crippen molar-refractivity contribution in [2.45, 2.75) is 18.5 Å². The molecule has 2 atom stereocenters. The molecule has 12 heteroatoms. The number of hydrogen-bond acceptors (Lipinski definition) is 9. The van der Waals surface area contributed by atoms with E-state index in [4.69, 9.17) is 18.6 Å². The molecule has 46 heavy (non-hydrogen) atoms. The lowest BCUT2D eigenvalue weighted by molar-refractivity contribution is -0.121. The summed E-state index contributed by atoms with van der Waals surface area (Å²) in [6.45, 7) is 8.20. The van der Waals surface area contributed by atoms with Crippen molar-refractivity contribution in [3.05, 3.63) is 72.8 Å². The molecule has 3 heterocycles. The van der Waals surface area contributed by atoms with Crippen LogP contribution in [0.1, 0.15) is 17.0 Å². The predicted octanol–water partition coefficient (Wildman–Crippen LogP) is 3.14. The number of carbonyl (C=O) groups excluding carboxylic acids is 2. The number of nitrogens with zero attached hydrogens (tertiary/aromatic N) is 4. The molecule has 0 spiro atoms. The van der Waals surface area contributed by atoms with E-state index in [1.54, 1.807) is 0 Å². The standard InChI is InChI=1S/C34H44N6O6/c1-5-31(41)35-12-13-43-14-15-44-16-17-45-22-32(42)37-28-10-7-9-25-26(19-39(4)34(25)28)27-20-40(21-29(27)38(2)3)18-24-8-6-11-30-33(24)36-23-46-30/h5-11,19,23,27,29H,1,12-18,20-22H2,2-4H3,(H,35,41)(H,37,42)/t27-,29+/m1/s1. The van der Waals surface area contributed by atoms with Crippen molar-refractivity contribution >= 4 is 39.5 Å². The normalized spacial score (nSPS) is 16.9. The lowest BCUT2D eigenvalue weighted by atomic mass is 9.93. The molecule has 0 bridgehead atoms. The summed E-state index contributed by atoms with van der Waals surface area (Å²) in [4.78, 5) is 33.1. The number of fused-ring (bicyclic) bond motifs is 2. The number of likely N-dealkylation sites (N-methyl/N-ethyl adjacent to an activating group) is 1. The van der Waals surface area contributed by atoms with E-state index in [-0.39, 0.29) is 30.9 Å². The highest BCUT2D eigenvalue weighted by Gasteiger charge is 2.37. The number of oxazole rings is 1. The summed E-state index contributed by atoms with van der Waals surface area (Å²) in [5.74, 6) is -0.164. The van der Waals surface area contributed by atoms with Crippen LogP contribution in [0.3, 0.4) is 0 Å². The van der Waals surface area contributed by atoms with Gasteiger partial charge in [-0.2, -0.15) is 0 Å². The van der Waals surface area contributed by atoms with Gasteiger partial charge in [-0.3, -0.25) is 14.5 Å². The minimum Gasteiger partial charge on any atom is -0.443 e. The van der Waals surface area contributed by atoms with Crippen LogP contribution in [0.5, 0.6) is 0 Å². The molecule has 1 fully saturated rings. The number of amides is 2. The van der Waals surface area contributed by atoms with Crippen molar-refractivity contribution in [1.82, 2.24) is 24.7 Å². The fourth-order valence-corrected chi connectivity index (χ4v) is 6.14. The molecule has 1 aliphatic heterocycles. The number of benzene rings is 2. The van der Waals surface area contributed by atoms with Crippen LogP contribution >= 0.6 is 0 Å². The van der Waals surface area contributed by atoms with Crippen LogP contribution < -0.4 is 10.6 Å². The maximum absolute atomic E-state index is 12.8. The molecule has 2 N–H and O–H groups in total. The molecular weight excluding hydrogens is 588 g/mol. The molecular formula is C34H44N6O6. The van der Waals surface area contributed by atoms with Gasteiger partial charge < -0.3 is 38.7 Å². The molecule has 0 unspecified atom stereocenters. The minimum absolute atomic E-state index is 0.0743. The Balaban J connectivity index is 1.13. The third-order valence-electron chi connectivity index (χ3n) is 8.28. The van der Waals surface area contributed by atoms with Crippen molar-refractivity contribution < 1.29 is 28.2 Å². The van der Waals surface area contributed by atoms with Crippen LogP contribution in [-0.2, 0) is 37.4 Å². The van der Waals surface area contributed by atoms with Crippen molar-refractivity contribution in [3.63, 3.8) is 0 Å². The molecule has 0 radical (unpaired) electrons. The first-order chi connectivity index (χ1) is 22.4. The van der Waals surface area contributed by atoms with Gasteiger partial charge in [0, 0.05) is 56.8 Å². The number of aromatic nitrogens is 2. The highest BCUT2D eigenvalue weighted by molar-refractivity contribution is 6.02. The topological polar surface area (TPSA) is 123 Å².